The van der Waals surface area contributed by atoms with Crippen molar-refractivity contribution in [2.75, 3.05) is 12.4 Å². The number of nitrogens with zero attached hydrogens (tertiary/aromatic N) is 2. The van der Waals surface area contributed by atoms with Crippen LogP contribution in [-0.2, 0) is 9.53 Å². The van der Waals surface area contributed by atoms with Gasteiger partial charge in [0.2, 0.25) is 5.91 Å². The molecule has 7 heteroatoms. The summed E-state index contributed by atoms with van der Waals surface area (Å²) in [5.74, 6) is 0.154. The largest absolute Gasteiger partial charge is 0.462 e. The van der Waals surface area contributed by atoms with Gasteiger partial charge < -0.3 is 10.1 Å². The van der Waals surface area contributed by atoms with Gasteiger partial charge in [0, 0.05) is 6.04 Å². The number of nitrogens with one attached hydrogen (secondary N) is 1. The Morgan fingerprint density at radius 3 is 2.81 bits per heavy atom. The molecule has 0 aliphatic heterocycles. The molecule has 1 aliphatic carbocycles. The van der Waals surface area contributed by atoms with Crippen LogP contribution in [0.4, 0.5) is 0 Å². The Kier molecular flexibility index (Phi) is 7.46. The molecule has 0 spiro atoms. The zero-order valence-corrected chi connectivity index (χ0v) is 16.3. The van der Waals surface area contributed by atoms with Crippen molar-refractivity contribution in [3.63, 3.8) is 0 Å². The van der Waals surface area contributed by atoms with Crippen LogP contribution in [0.3, 0.4) is 0 Å². The Morgan fingerprint density at radius 2 is 2.15 bits per heavy atom. The van der Waals surface area contributed by atoms with Crippen molar-refractivity contribution in [1.82, 2.24) is 10.3 Å². The first-order chi connectivity index (χ1) is 12.5. The molecule has 6 nitrogen and oxygen atoms in total. The molecule has 0 unspecified atom stereocenters. The number of esters is 1. The molecule has 1 N–H and O–H groups in total. The summed E-state index contributed by atoms with van der Waals surface area (Å²) < 4.78 is 4.98. The standard InChI is InChI=1S/C19H25N3O3S/c1-4-25-19(24)15-9-14(10-20)18(21-13(15)3)26-11-17(23)22-16-8-6-5-7-12(16)2/h9,12,16H,4-8,11H2,1-3H3,(H,22,23)/t12-,16+/m0/s1. The van der Waals surface area contributed by atoms with E-state index in [1.807, 2.05) is 6.07 Å². The van der Waals surface area contributed by atoms with Crippen molar-refractivity contribution in [2.45, 2.75) is 57.5 Å². The number of carbonyl (C=O) groups excluding carboxylic acids is 2. The van der Waals surface area contributed by atoms with Gasteiger partial charge in [0.25, 0.3) is 0 Å². The average Bonchev–Trinajstić information content (AvgIpc) is 2.62. The summed E-state index contributed by atoms with van der Waals surface area (Å²) in [6.45, 7) is 5.85. The van der Waals surface area contributed by atoms with Crippen LogP contribution in [0.5, 0.6) is 0 Å². The van der Waals surface area contributed by atoms with Crippen LogP contribution < -0.4 is 5.32 Å². The third-order valence-corrected chi connectivity index (χ3v) is 5.58. The van der Waals surface area contributed by atoms with E-state index < -0.39 is 5.97 Å². The first-order valence-electron chi connectivity index (χ1n) is 8.97. The molecule has 1 amide bonds. The van der Waals surface area contributed by atoms with Crippen LogP contribution >= 0.6 is 11.8 Å². The number of hydrogen-bond acceptors (Lipinski definition) is 6. The highest BCUT2D eigenvalue weighted by molar-refractivity contribution is 8.00. The first-order valence-corrected chi connectivity index (χ1v) is 9.95. The van der Waals surface area contributed by atoms with Crippen molar-refractivity contribution < 1.29 is 14.3 Å². The van der Waals surface area contributed by atoms with Gasteiger partial charge in [-0.05, 0) is 38.7 Å². The second kappa shape index (κ2) is 9.58. The fourth-order valence-corrected chi connectivity index (χ4v) is 3.91. The van der Waals surface area contributed by atoms with Gasteiger partial charge in [0.15, 0.2) is 0 Å². The molecule has 1 aromatic rings. The number of rotatable bonds is 6. The molecule has 0 radical (unpaired) electrons. The summed E-state index contributed by atoms with van der Waals surface area (Å²) in [5.41, 5.74) is 1.06. The molecule has 2 atom stereocenters. The van der Waals surface area contributed by atoms with Gasteiger partial charge in [0.05, 0.1) is 29.2 Å². The highest BCUT2D eigenvalue weighted by Crippen LogP contribution is 2.25. The predicted molar refractivity (Wildman–Crippen MR) is 99.9 cm³/mol. The van der Waals surface area contributed by atoms with E-state index in [1.54, 1.807) is 13.8 Å². The topological polar surface area (TPSA) is 92.1 Å². The third-order valence-electron chi connectivity index (χ3n) is 4.59. The van der Waals surface area contributed by atoms with E-state index in [1.165, 1.54) is 24.2 Å². The van der Waals surface area contributed by atoms with E-state index >= 15 is 0 Å². The second-order valence-corrected chi connectivity index (χ2v) is 7.49. The van der Waals surface area contributed by atoms with Gasteiger partial charge in [-0.15, -0.1) is 0 Å². The van der Waals surface area contributed by atoms with E-state index in [4.69, 9.17) is 4.74 Å². The minimum absolute atomic E-state index is 0.0495. The summed E-state index contributed by atoms with van der Waals surface area (Å²) in [7, 11) is 0. The van der Waals surface area contributed by atoms with Gasteiger partial charge in [-0.25, -0.2) is 9.78 Å². The van der Waals surface area contributed by atoms with Crippen molar-refractivity contribution in [3.8, 4) is 6.07 Å². The molecule has 1 fully saturated rings. The first kappa shape index (κ1) is 20.2. The number of aryl methyl sites for hydroxylation is 1. The summed E-state index contributed by atoms with van der Waals surface area (Å²) in [4.78, 5) is 28.5. The number of pyridine rings is 1. The lowest BCUT2D eigenvalue weighted by atomic mass is 9.86. The molecule has 2 rings (SSSR count). The lowest BCUT2D eigenvalue weighted by molar-refractivity contribution is -0.119. The summed E-state index contributed by atoms with van der Waals surface area (Å²) in [6, 6.07) is 3.77. The summed E-state index contributed by atoms with van der Waals surface area (Å²) in [6.07, 6.45) is 4.54. The molecular formula is C19H25N3O3S. The quantitative estimate of drug-likeness (QED) is 0.606. The molecule has 26 heavy (non-hydrogen) atoms. The maximum Gasteiger partial charge on any atom is 0.340 e. The molecule has 0 saturated heterocycles. The van der Waals surface area contributed by atoms with Crippen LogP contribution in [0.25, 0.3) is 0 Å². The SMILES string of the molecule is CCOC(=O)c1cc(C#N)c(SCC(=O)N[C@@H]2CCCC[C@@H]2C)nc1C. The van der Waals surface area contributed by atoms with E-state index in [-0.39, 0.29) is 35.4 Å². The van der Waals surface area contributed by atoms with Crippen LogP contribution in [0, 0.1) is 24.2 Å². The number of carbonyl (C=O) groups is 2. The Labute approximate surface area is 158 Å². The van der Waals surface area contributed by atoms with Crippen LogP contribution in [-0.4, -0.2) is 35.3 Å². The average molecular weight is 375 g/mol. The highest BCUT2D eigenvalue weighted by Gasteiger charge is 2.23. The Morgan fingerprint density at radius 1 is 1.42 bits per heavy atom. The maximum atomic E-state index is 12.3. The molecule has 1 aromatic heterocycles. The Hall–Kier alpha value is -2.07. The number of hydrogen-bond donors (Lipinski definition) is 1. The van der Waals surface area contributed by atoms with Gasteiger partial charge in [0.1, 0.15) is 11.1 Å². The van der Waals surface area contributed by atoms with Crippen LogP contribution in [0.2, 0.25) is 0 Å². The molecular weight excluding hydrogens is 350 g/mol. The van der Waals surface area contributed by atoms with Gasteiger partial charge >= 0.3 is 5.97 Å². The summed E-state index contributed by atoms with van der Waals surface area (Å²) in [5, 5.41) is 12.9. The van der Waals surface area contributed by atoms with E-state index in [0.717, 1.165) is 19.3 Å². The fourth-order valence-electron chi connectivity index (χ4n) is 3.10. The van der Waals surface area contributed by atoms with Gasteiger partial charge in [-0.1, -0.05) is 31.5 Å². The zero-order valence-electron chi connectivity index (χ0n) is 15.5. The lowest BCUT2D eigenvalue weighted by Gasteiger charge is -2.29. The van der Waals surface area contributed by atoms with E-state index in [0.29, 0.717) is 16.6 Å². The Balaban J connectivity index is 2.02. The maximum absolute atomic E-state index is 12.3. The number of nitriles is 1. The third kappa shape index (κ3) is 5.21. The Bertz CT molecular complexity index is 715. The number of aromatic nitrogens is 1. The molecule has 1 heterocycles. The van der Waals surface area contributed by atoms with Crippen molar-refractivity contribution in [1.29, 1.82) is 5.26 Å². The molecule has 140 valence electrons. The van der Waals surface area contributed by atoms with E-state index in [2.05, 4.69) is 17.2 Å². The number of thioether (sulfide) groups is 1. The van der Waals surface area contributed by atoms with Crippen LogP contribution in [0.1, 0.15) is 61.1 Å². The smallest absolute Gasteiger partial charge is 0.340 e. The number of amides is 1. The van der Waals surface area contributed by atoms with Crippen molar-refractivity contribution in [2.24, 2.45) is 5.92 Å². The zero-order chi connectivity index (χ0) is 19.1. The second-order valence-electron chi connectivity index (χ2n) is 6.53. The van der Waals surface area contributed by atoms with E-state index in [9.17, 15) is 14.9 Å². The highest BCUT2D eigenvalue weighted by atomic mass is 32.2. The molecule has 1 saturated carbocycles. The number of ether oxygens (including phenoxy) is 1. The van der Waals surface area contributed by atoms with Crippen molar-refractivity contribution in [3.05, 3.63) is 22.9 Å². The fraction of sp³-hybridized carbons (Fsp3) is 0.579. The van der Waals surface area contributed by atoms with Gasteiger partial charge in [-0.3, -0.25) is 4.79 Å². The van der Waals surface area contributed by atoms with Crippen LogP contribution in [0.15, 0.2) is 11.1 Å². The monoisotopic (exact) mass is 375 g/mol. The normalized spacial score (nSPS) is 19.5. The molecule has 0 bridgehead atoms. The summed E-state index contributed by atoms with van der Waals surface area (Å²) >= 11 is 1.22. The molecule has 1 aliphatic rings. The molecule has 0 aromatic carbocycles. The van der Waals surface area contributed by atoms with Gasteiger partial charge in [-0.2, -0.15) is 5.26 Å². The minimum atomic E-state index is -0.491. The minimum Gasteiger partial charge on any atom is -0.462 e. The lowest BCUT2D eigenvalue weighted by Crippen LogP contribution is -2.41. The predicted octanol–water partition coefficient (Wildman–Crippen LogP) is 3.23. The van der Waals surface area contributed by atoms with Crippen molar-refractivity contribution >= 4 is 23.6 Å².